The van der Waals surface area contributed by atoms with E-state index in [0.29, 0.717) is 0 Å². The molecule has 0 aliphatic heterocycles. The number of hydrogen-bond acceptors (Lipinski definition) is 5. The fourth-order valence-corrected chi connectivity index (χ4v) is 3.65. The van der Waals surface area contributed by atoms with Gasteiger partial charge in [0.1, 0.15) is 17.7 Å². The van der Waals surface area contributed by atoms with Gasteiger partial charge in [0, 0.05) is 22.5 Å². The van der Waals surface area contributed by atoms with Crippen LogP contribution in [0.4, 0.5) is 21.6 Å². The number of anilines is 3. The van der Waals surface area contributed by atoms with Gasteiger partial charge >= 0.3 is 0 Å². The van der Waals surface area contributed by atoms with E-state index in [4.69, 9.17) is 0 Å². The van der Waals surface area contributed by atoms with Crippen molar-refractivity contribution in [1.82, 2.24) is 14.6 Å². The second-order valence-electron chi connectivity index (χ2n) is 6.66. The normalized spacial score (nSPS) is 11.0. The van der Waals surface area contributed by atoms with Crippen LogP contribution in [-0.4, -0.2) is 14.6 Å². The van der Waals surface area contributed by atoms with Crippen molar-refractivity contribution in [2.75, 3.05) is 10.0 Å². The van der Waals surface area contributed by atoms with E-state index in [9.17, 15) is 4.39 Å². The summed E-state index contributed by atoms with van der Waals surface area (Å²) in [5.74, 6) is 0.516. The SMILES string of the molecule is Cc1ccc(NSc2cccc(F)c2)cc1Nc1ncnn2cc(C)c(C)c12. The Morgan fingerprint density at radius 2 is 1.89 bits per heavy atom. The minimum Gasteiger partial charge on any atom is -0.338 e. The largest absolute Gasteiger partial charge is 0.338 e. The Morgan fingerprint density at radius 3 is 2.71 bits per heavy atom. The lowest BCUT2D eigenvalue weighted by Gasteiger charge is -2.13. The van der Waals surface area contributed by atoms with Crippen LogP contribution in [0.3, 0.4) is 0 Å². The first-order chi connectivity index (χ1) is 13.5. The van der Waals surface area contributed by atoms with E-state index >= 15 is 0 Å². The maximum absolute atomic E-state index is 13.3. The van der Waals surface area contributed by atoms with E-state index in [0.717, 1.165) is 38.7 Å². The van der Waals surface area contributed by atoms with E-state index in [1.807, 2.05) is 41.9 Å². The molecule has 0 fully saturated rings. The van der Waals surface area contributed by atoms with Gasteiger partial charge in [0.2, 0.25) is 0 Å². The smallest absolute Gasteiger partial charge is 0.158 e. The van der Waals surface area contributed by atoms with Crippen molar-refractivity contribution in [2.45, 2.75) is 25.7 Å². The van der Waals surface area contributed by atoms with Gasteiger partial charge in [-0.25, -0.2) is 13.9 Å². The molecule has 2 aromatic heterocycles. The van der Waals surface area contributed by atoms with E-state index in [1.165, 1.54) is 29.6 Å². The van der Waals surface area contributed by atoms with Crippen LogP contribution < -0.4 is 10.0 Å². The first-order valence-electron chi connectivity index (χ1n) is 8.87. The van der Waals surface area contributed by atoms with Gasteiger partial charge in [-0.05, 0) is 79.7 Å². The number of benzene rings is 2. The van der Waals surface area contributed by atoms with E-state index in [2.05, 4.69) is 34.0 Å². The predicted molar refractivity (Wildman–Crippen MR) is 113 cm³/mol. The highest BCUT2D eigenvalue weighted by atomic mass is 32.2. The first-order valence-corrected chi connectivity index (χ1v) is 9.68. The van der Waals surface area contributed by atoms with Crippen LogP contribution in [0.5, 0.6) is 0 Å². The van der Waals surface area contributed by atoms with Crippen LogP contribution in [0.15, 0.2) is 59.9 Å². The standard InChI is InChI=1S/C21H20FN5S/c1-13-7-8-17(26-28-18-6-4-5-16(22)9-18)10-19(13)25-21-20-15(3)14(2)11-27(20)24-12-23-21/h4-12,26H,1-3H3,(H,23,24,25). The molecule has 0 spiro atoms. The molecule has 142 valence electrons. The van der Waals surface area contributed by atoms with Gasteiger partial charge in [-0.2, -0.15) is 5.10 Å². The summed E-state index contributed by atoms with van der Waals surface area (Å²) in [6.45, 7) is 6.17. The molecule has 2 heterocycles. The molecule has 0 atom stereocenters. The molecular weight excluding hydrogens is 373 g/mol. The second-order valence-corrected chi connectivity index (χ2v) is 7.53. The lowest BCUT2D eigenvalue weighted by Crippen LogP contribution is -2.01. The molecule has 4 rings (SSSR count). The molecule has 4 aromatic rings. The maximum atomic E-state index is 13.3. The molecule has 2 N–H and O–H groups in total. The van der Waals surface area contributed by atoms with Crippen LogP contribution in [0, 0.1) is 26.6 Å². The Balaban J connectivity index is 1.60. The van der Waals surface area contributed by atoms with Gasteiger partial charge in [0.15, 0.2) is 5.82 Å². The van der Waals surface area contributed by atoms with Crippen LogP contribution in [0.1, 0.15) is 16.7 Å². The first kappa shape index (κ1) is 18.3. The summed E-state index contributed by atoms with van der Waals surface area (Å²) >= 11 is 1.37. The molecule has 28 heavy (non-hydrogen) atoms. The topological polar surface area (TPSA) is 54.2 Å². The fraction of sp³-hybridized carbons (Fsp3) is 0.143. The predicted octanol–water partition coefficient (Wildman–Crippen LogP) is 5.66. The van der Waals surface area contributed by atoms with Gasteiger partial charge in [-0.1, -0.05) is 12.1 Å². The van der Waals surface area contributed by atoms with Gasteiger partial charge in [-0.15, -0.1) is 0 Å². The third kappa shape index (κ3) is 3.66. The second kappa shape index (κ2) is 7.52. The molecule has 2 aromatic carbocycles. The molecule has 0 unspecified atom stereocenters. The van der Waals surface area contributed by atoms with Crippen molar-refractivity contribution < 1.29 is 4.39 Å². The average Bonchev–Trinajstić information content (AvgIpc) is 2.97. The van der Waals surface area contributed by atoms with Crippen LogP contribution in [0.2, 0.25) is 0 Å². The third-order valence-corrected chi connectivity index (χ3v) is 5.48. The molecular formula is C21H20FN5S. The van der Waals surface area contributed by atoms with Crippen molar-refractivity contribution in [3.8, 4) is 0 Å². The van der Waals surface area contributed by atoms with Crippen LogP contribution in [-0.2, 0) is 0 Å². The lowest BCUT2D eigenvalue weighted by molar-refractivity contribution is 0.624. The highest BCUT2D eigenvalue weighted by Crippen LogP contribution is 2.30. The summed E-state index contributed by atoms with van der Waals surface area (Å²) in [7, 11) is 0. The summed E-state index contributed by atoms with van der Waals surface area (Å²) in [6.07, 6.45) is 3.55. The molecule has 5 nitrogen and oxygen atoms in total. The van der Waals surface area contributed by atoms with Crippen molar-refractivity contribution in [1.29, 1.82) is 0 Å². The zero-order chi connectivity index (χ0) is 19.7. The number of nitrogens with zero attached hydrogens (tertiary/aromatic N) is 3. The lowest BCUT2D eigenvalue weighted by atomic mass is 10.1. The molecule has 0 amide bonds. The van der Waals surface area contributed by atoms with Gasteiger partial charge in [-0.3, -0.25) is 0 Å². The number of aromatic nitrogens is 3. The minimum atomic E-state index is -0.247. The van der Waals surface area contributed by atoms with Gasteiger partial charge < -0.3 is 10.0 Å². The quantitative estimate of drug-likeness (QED) is 0.429. The molecule has 0 saturated heterocycles. The highest BCUT2D eigenvalue weighted by molar-refractivity contribution is 8.00. The van der Waals surface area contributed by atoms with Crippen molar-refractivity contribution in [2.24, 2.45) is 0 Å². The Labute approximate surface area is 167 Å². The number of rotatable bonds is 5. The number of aryl methyl sites for hydroxylation is 3. The van der Waals surface area contributed by atoms with Crippen molar-refractivity contribution >= 4 is 34.7 Å². The maximum Gasteiger partial charge on any atom is 0.158 e. The number of hydrogen-bond donors (Lipinski definition) is 2. The molecule has 0 aliphatic rings. The molecule has 0 bridgehead atoms. The Hall–Kier alpha value is -3.06. The fourth-order valence-electron chi connectivity index (χ4n) is 2.97. The summed E-state index contributed by atoms with van der Waals surface area (Å²) in [6, 6.07) is 12.5. The molecule has 7 heteroatoms. The Bertz CT molecular complexity index is 1150. The minimum absolute atomic E-state index is 0.247. The third-order valence-electron chi connectivity index (χ3n) is 4.65. The Morgan fingerprint density at radius 1 is 1.04 bits per heavy atom. The van der Waals surface area contributed by atoms with Crippen LogP contribution >= 0.6 is 11.9 Å². The summed E-state index contributed by atoms with van der Waals surface area (Å²) < 4.78 is 18.5. The number of halogens is 1. The van der Waals surface area contributed by atoms with E-state index < -0.39 is 0 Å². The number of fused-ring (bicyclic) bond motifs is 1. The van der Waals surface area contributed by atoms with E-state index in [1.54, 1.807) is 12.4 Å². The monoisotopic (exact) mass is 393 g/mol. The Kier molecular flexibility index (Phi) is 4.92. The zero-order valence-electron chi connectivity index (χ0n) is 15.8. The highest BCUT2D eigenvalue weighted by Gasteiger charge is 2.11. The molecule has 0 aliphatic carbocycles. The van der Waals surface area contributed by atoms with Gasteiger partial charge in [0.25, 0.3) is 0 Å². The molecule has 0 radical (unpaired) electrons. The van der Waals surface area contributed by atoms with Crippen molar-refractivity contribution in [3.63, 3.8) is 0 Å². The van der Waals surface area contributed by atoms with Crippen LogP contribution in [0.25, 0.3) is 5.52 Å². The molecule has 0 saturated carbocycles. The van der Waals surface area contributed by atoms with E-state index in [-0.39, 0.29) is 5.82 Å². The van der Waals surface area contributed by atoms with Gasteiger partial charge in [0.05, 0.1) is 0 Å². The van der Waals surface area contributed by atoms with Crippen molar-refractivity contribution in [3.05, 3.63) is 77.5 Å². The summed E-state index contributed by atoms with van der Waals surface area (Å²) in [5, 5.41) is 7.73. The zero-order valence-corrected chi connectivity index (χ0v) is 16.6. The summed E-state index contributed by atoms with van der Waals surface area (Å²) in [5.41, 5.74) is 6.24. The average molecular weight is 393 g/mol. The summed E-state index contributed by atoms with van der Waals surface area (Å²) in [4.78, 5) is 5.25. The number of nitrogens with one attached hydrogen (secondary N) is 2.